The van der Waals surface area contributed by atoms with Crippen LogP contribution >= 0.6 is 0 Å². The van der Waals surface area contributed by atoms with Gasteiger partial charge in [-0.15, -0.1) is 0 Å². The number of carbonyl (C=O) groups is 1. The van der Waals surface area contributed by atoms with Crippen LogP contribution in [0.3, 0.4) is 0 Å². The van der Waals surface area contributed by atoms with Crippen LogP contribution in [0.2, 0.25) is 0 Å². The molecule has 0 fully saturated rings. The lowest BCUT2D eigenvalue weighted by Gasteiger charge is -1.93. The molecule has 0 aliphatic carbocycles. The minimum atomic E-state index is -0.785. The van der Waals surface area contributed by atoms with Crippen LogP contribution in [-0.4, -0.2) is 18.8 Å². The van der Waals surface area contributed by atoms with Crippen LogP contribution < -0.4 is 0 Å². The second kappa shape index (κ2) is 4.26. The Bertz CT molecular complexity index is 91.3. The van der Waals surface area contributed by atoms with E-state index in [1.165, 1.54) is 0 Å². The molecule has 4 nitrogen and oxygen atoms in total. The normalized spacial score (nSPS) is 8.12. The summed E-state index contributed by atoms with van der Waals surface area (Å²) in [5.41, 5.74) is 0. The lowest BCUT2D eigenvalue weighted by Crippen LogP contribution is -2.04. The molecular weight excluding hydrogens is 110 g/mol. The highest BCUT2D eigenvalue weighted by atomic mass is 17.2. The number of nitrogens with one attached hydrogen (secondary N) is 1. The molecule has 0 aliphatic rings. The molecule has 4 heteroatoms. The van der Waals surface area contributed by atoms with E-state index in [4.69, 9.17) is 5.41 Å². The Morgan fingerprint density at radius 1 is 1.88 bits per heavy atom. The summed E-state index contributed by atoms with van der Waals surface area (Å²) in [6.45, 7) is 1.98. The van der Waals surface area contributed by atoms with Gasteiger partial charge in [-0.05, 0) is 6.92 Å². The fourth-order valence-corrected chi connectivity index (χ4v) is 0.141. The third-order valence-corrected chi connectivity index (χ3v) is 0.377. The van der Waals surface area contributed by atoms with E-state index in [9.17, 15) is 4.79 Å². The van der Waals surface area contributed by atoms with Crippen LogP contribution in [0.5, 0.6) is 0 Å². The Morgan fingerprint density at radius 2 is 2.50 bits per heavy atom. The molecule has 0 unspecified atom stereocenters. The second-order valence-corrected chi connectivity index (χ2v) is 0.953. The lowest BCUT2D eigenvalue weighted by atomic mass is 10.8. The first-order valence-electron chi connectivity index (χ1n) is 2.15. The Hall–Kier alpha value is -0.900. The van der Waals surface area contributed by atoms with E-state index in [2.05, 4.69) is 9.78 Å². The maximum Gasteiger partial charge on any atom is 0.383 e. The number of hydrogen-bond acceptors (Lipinski definition) is 4. The third-order valence-electron chi connectivity index (χ3n) is 0.377. The van der Waals surface area contributed by atoms with Crippen LogP contribution in [0.15, 0.2) is 0 Å². The molecule has 0 amide bonds. The van der Waals surface area contributed by atoms with Crippen molar-refractivity contribution >= 4 is 12.2 Å². The minimum Gasteiger partial charge on any atom is -0.301 e. The molecule has 8 heavy (non-hydrogen) atoms. The Balaban J connectivity index is 3.11. The molecule has 0 bridgehead atoms. The van der Waals surface area contributed by atoms with E-state index in [1.54, 1.807) is 6.92 Å². The zero-order valence-electron chi connectivity index (χ0n) is 4.51. The summed E-state index contributed by atoms with van der Waals surface area (Å²) in [6, 6.07) is 0. The highest BCUT2D eigenvalue weighted by Crippen LogP contribution is 1.74. The maximum atomic E-state index is 9.98. The van der Waals surface area contributed by atoms with Crippen molar-refractivity contribution in [2.24, 2.45) is 0 Å². The summed E-state index contributed by atoms with van der Waals surface area (Å²) in [5.74, 6) is -0.785. The summed E-state index contributed by atoms with van der Waals surface area (Å²) >= 11 is 0. The van der Waals surface area contributed by atoms with Crippen LogP contribution in [0.4, 0.5) is 0 Å². The zero-order chi connectivity index (χ0) is 6.41. The van der Waals surface area contributed by atoms with Crippen LogP contribution in [-0.2, 0) is 14.6 Å². The van der Waals surface area contributed by atoms with Crippen molar-refractivity contribution in [3.8, 4) is 0 Å². The topological polar surface area (TPSA) is 59.4 Å². The van der Waals surface area contributed by atoms with Gasteiger partial charge in [-0.25, -0.2) is 4.79 Å². The van der Waals surface area contributed by atoms with E-state index in [0.29, 0.717) is 12.8 Å². The molecule has 0 aromatic carbocycles. The summed E-state index contributed by atoms with van der Waals surface area (Å²) in [4.78, 5) is 18.1. The number of rotatable bonds is 3. The van der Waals surface area contributed by atoms with Gasteiger partial charge >= 0.3 is 5.97 Å². The van der Waals surface area contributed by atoms with Gasteiger partial charge in [0, 0.05) is 0 Å². The third kappa shape index (κ3) is 3.30. The molecule has 0 heterocycles. The van der Waals surface area contributed by atoms with Crippen molar-refractivity contribution in [2.45, 2.75) is 6.92 Å². The van der Waals surface area contributed by atoms with Crippen LogP contribution in [0, 0.1) is 5.41 Å². The van der Waals surface area contributed by atoms with Crippen molar-refractivity contribution in [1.82, 2.24) is 0 Å². The van der Waals surface area contributed by atoms with Crippen molar-refractivity contribution in [2.75, 3.05) is 6.61 Å². The van der Waals surface area contributed by atoms with Gasteiger partial charge in [0.25, 0.3) is 0 Å². The highest BCUT2D eigenvalue weighted by Gasteiger charge is 1.93. The molecule has 1 N–H and O–H groups in total. The molecular formula is C4H7NO3. The smallest absolute Gasteiger partial charge is 0.301 e. The molecule has 0 rings (SSSR count). The second-order valence-electron chi connectivity index (χ2n) is 0.953. The summed E-state index contributed by atoms with van der Waals surface area (Å²) in [6.07, 6.45) is 0.537. The fourth-order valence-electron chi connectivity index (χ4n) is 0.141. The molecule has 0 aromatic heterocycles. The Labute approximate surface area is 46.8 Å². The molecule has 0 spiro atoms. The van der Waals surface area contributed by atoms with Crippen molar-refractivity contribution in [1.29, 1.82) is 5.41 Å². The Kier molecular flexibility index (Phi) is 3.78. The van der Waals surface area contributed by atoms with Gasteiger partial charge < -0.3 is 5.41 Å². The first-order valence-corrected chi connectivity index (χ1v) is 2.15. The summed E-state index contributed by atoms with van der Waals surface area (Å²) in [5, 5.41) is 6.31. The average Bonchev–Trinajstić information content (AvgIpc) is 1.83. The molecule has 0 aliphatic heterocycles. The van der Waals surface area contributed by atoms with E-state index < -0.39 is 5.97 Å². The molecule has 46 valence electrons. The quantitative estimate of drug-likeness (QED) is 0.324. The van der Waals surface area contributed by atoms with E-state index in [0.717, 1.165) is 0 Å². The number of hydrogen-bond donors (Lipinski definition) is 1. The molecule has 0 saturated heterocycles. The maximum absolute atomic E-state index is 9.98. The summed E-state index contributed by atoms with van der Waals surface area (Å²) in [7, 11) is 0. The van der Waals surface area contributed by atoms with E-state index in [-0.39, 0.29) is 0 Å². The molecule has 0 aromatic rings. The monoisotopic (exact) mass is 117 g/mol. The van der Waals surface area contributed by atoms with Gasteiger partial charge in [-0.2, -0.15) is 4.89 Å². The van der Waals surface area contributed by atoms with Gasteiger partial charge in [0.05, 0.1) is 6.61 Å². The first-order chi connectivity index (χ1) is 3.81. The van der Waals surface area contributed by atoms with Gasteiger partial charge in [-0.1, -0.05) is 0 Å². The summed E-state index contributed by atoms with van der Waals surface area (Å²) < 4.78 is 0. The van der Waals surface area contributed by atoms with Gasteiger partial charge in [0.15, 0.2) is 0 Å². The van der Waals surface area contributed by atoms with Crippen LogP contribution in [0.1, 0.15) is 6.92 Å². The largest absolute Gasteiger partial charge is 0.383 e. The van der Waals surface area contributed by atoms with Crippen molar-refractivity contribution < 1.29 is 14.6 Å². The van der Waals surface area contributed by atoms with Gasteiger partial charge in [-0.3, -0.25) is 4.89 Å². The van der Waals surface area contributed by atoms with Gasteiger partial charge in [0.1, 0.15) is 6.21 Å². The number of carbonyl (C=O) groups excluding carboxylic acids is 1. The molecule has 0 radical (unpaired) electrons. The van der Waals surface area contributed by atoms with Crippen LogP contribution in [0.25, 0.3) is 0 Å². The van der Waals surface area contributed by atoms with E-state index >= 15 is 0 Å². The SMILES string of the molecule is CCOOC(=O)C=N. The fraction of sp³-hybridized carbons (Fsp3) is 0.500. The Morgan fingerprint density at radius 3 is 2.88 bits per heavy atom. The highest BCUT2D eigenvalue weighted by molar-refractivity contribution is 6.21. The predicted molar refractivity (Wildman–Crippen MR) is 26.5 cm³/mol. The van der Waals surface area contributed by atoms with E-state index in [1.807, 2.05) is 0 Å². The molecule has 0 saturated carbocycles. The zero-order valence-corrected chi connectivity index (χ0v) is 4.51. The molecule has 0 atom stereocenters. The predicted octanol–water partition coefficient (Wildman–Crippen LogP) is 0.131. The lowest BCUT2D eigenvalue weighted by molar-refractivity contribution is -0.261. The van der Waals surface area contributed by atoms with Gasteiger partial charge in [0.2, 0.25) is 0 Å². The van der Waals surface area contributed by atoms with Crippen molar-refractivity contribution in [3.63, 3.8) is 0 Å². The minimum absolute atomic E-state index is 0.305. The standard InChI is InChI=1S/C4H7NO3/c1-2-7-8-4(6)3-5/h3,5H,2H2,1H3. The average molecular weight is 117 g/mol. The first kappa shape index (κ1) is 7.10. The van der Waals surface area contributed by atoms with Crippen molar-refractivity contribution in [3.05, 3.63) is 0 Å².